The molecule has 1 aliphatic rings. The normalized spacial score (nSPS) is 17.7. The van der Waals surface area contributed by atoms with Gasteiger partial charge in [0.05, 0.1) is 6.07 Å². The van der Waals surface area contributed by atoms with Crippen molar-refractivity contribution in [2.24, 2.45) is 0 Å². The van der Waals surface area contributed by atoms with Crippen LogP contribution in [0.25, 0.3) is 0 Å². The molecular formula is C13H22N2. The van der Waals surface area contributed by atoms with Gasteiger partial charge in [0, 0.05) is 17.3 Å². The Labute approximate surface area is 93.4 Å². The minimum absolute atomic E-state index is 0.521. The molecule has 0 aliphatic heterocycles. The van der Waals surface area contributed by atoms with E-state index in [1.165, 1.54) is 31.4 Å². The van der Waals surface area contributed by atoms with E-state index < -0.39 is 0 Å². The average molecular weight is 206 g/mol. The molecule has 0 heterocycles. The number of rotatable bonds is 6. The third kappa shape index (κ3) is 3.95. The summed E-state index contributed by atoms with van der Waals surface area (Å²) in [5.41, 5.74) is 2.19. The van der Waals surface area contributed by atoms with Crippen molar-refractivity contribution < 1.29 is 0 Å². The molecule has 0 aromatic rings. The van der Waals surface area contributed by atoms with Crippen molar-refractivity contribution in [2.75, 3.05) is 0 Å². The largest absolute Gasteiger partial charge is 0.385 e. The van der Waals surface area contributed by atoms with Gasteiger partial charge in [-0.3, -0.25) is 0 Å². The summed E-state index contributed by atoms with van der Waals surface area (Å²) in [6, 6.07) is 2.83. The van der Waals surface area contributed by atoms with Crippen LogP contribution in [0.5, 0.6) is 0 Å². The minimum Gasteiger partial charge on any atom is -0.385 e. The van der Waals surface area contributed by atoms with Gasteiger partial charge in [0.1, 0.15) is 0 Å². The second-order valence-corrected chi connectivity index (χ2v) is 4.46. The highest BCUT2D eigenvalue weighted by atomic mass is 14.9. The minimum atomic E-state index is 0.521. The maximum absolute atomic E-state index is 8.92. The smallest absolute Gasteiger partial charge is 0.0965 e. The van der Waals surface area contributed by atoms with Crippen LogP contribution >= 0.6 is 0 Å². The molecule has 1 atom stereocenters. The van der Waals surface area contributed by atoms with Gasteiger partial charge < -0.3 is 5.32 Å². The van der Waals surface area contributed by atoms with Gasteiger partial charge in [0.2, 0.25) is 0 Å². The first kappa shape index (κ1) is 12.1. The Morgan fingerprint density at radius 2 is 2.20 bits per heavy atom. The fourth-order valence-electron chi connectivity index (χ4n) is 2.10. The molecule has 0 saturated heterocycles. The highest BCUT2D eigenvalue weighted by molar-refractivity contribution is 5.30. The molecule has 1 N–H and O–H groups in total. The maximum atomic E-state index is 8.92. The van der Waals surface area contributed by atoms with E-state index in [0.29, 0.717) is 6.04 Å². The van der Waals surface area contributed by atoms with Crippen LogP contribution in [-0.2, 0) is 0 Å². The van der Waals surface area contributed by atoms with Crippen molar-refractivity contribution in [1.29, 1.82) is 5.26 Å². The van der Waals surface area contributed by atoms with Crippen LogP contribution in [0.15, 0.2) is 11.3 Å². The summed E-state index contributed by atoms with van der Waals surface area (Å²) < 4.78 is 0. The van der Waals surface area contributed by atoms with Gasteiger partial charge >= 0.3 is 0 Å². The van der Waals surface area contributed by atoms with E-state index in [1.807, 2.05) is 0 Å². The first-order valence-corrected chi connectivity index (χ1v) is 6.16. The van der Waals surface area contributed by atoms with Crippen LogP contribution in [0, 0.1) is 11.3 Å². The summed E-state index contributed by atoms with van der Waals surface area (Å²) in [5, 5.41) is 12.4. The molecule has 1 aliphatic carbocycles. The summed E-state index contributed by atoms with van der Waals surface area (Å²) in [6.07, 6.45) is 8.29. The molecule has 2 heteroatoms. The van der Waals surface area contributed by atoms with Crippen molar-refractivity contribution in [3.8, 4) is 6.07 Å². The number of nitrogens with zero attached hydrogens (tertiary/aromatic N) is 1. The molecule has 0 aromatic carbocycles. The summed E-state index contributed by atoms with van der Waals surface area (Å²) in [7, 11) is 0. The lowest BCUT2D eigenvalue weighted by Gasteiger charge is -2.16. The number of hydrogen-bond donors (Lipinski definition) is 1. The average Bonchev–Trinajstić information content (AvgIpc) is 2.65. The van der Waals surface area contributed by atoms with Crippen molar-refractivity contribution >= 4 is 0 Å². The van der Waals surface area contributed by atoms with Gasteiger partial charge in [0.25, 0.3) is 0 Å². The van der Waals surface area contributed by atoms with Crippen LogP contribution < -0.4 is 5.32 Å². The summed E-state index contributed by atoms with van der Waals surface area (Å²) in [6.45, 7) is 4.45. The molecule has 0 radical (unpaired) electrons. The molecule has 1 rings (SSSR count). The molecule has 84 valence electrons. The highest BCUT2D eigenvalue weighted by Crippen LogP contribution is 2.23. The topological polar surface area (TPSA) is 35.8 Å². The fourth-order valence-corrected chi connectivity index (χ4v) is 2.10. The molecule has 0 fully saturated rings. The van der Waals surface area contributed by atoms with Gasteiger partial charge in [-0.1, -0.05) is 26.2 Å². The van der Waals surface area contributed by atoms with E-state index in [0.717, 1.165) is 24.8 Å². The van der Waals surface area contributed by atoms with E-state index in [9.17, 15) is 0 Å². The van der Waals surface area contributed by atoms with E-state index in [-0.39, 0.29) is 0 Å². The number of unbranched alkanes of at least 4 members (excludes halogenated alkanes) is 2. The number of allylic oxidation sites excluding steroid dienone is 2. The molecule has 0 unspecified atom stereocenters. The lowest BCUT2D eigenvalue weighted by molar-refractivity contribution is 0.521. The first-order valence-electron chi connectivity index (χ1n) is 6.16. The zero-order valence-electron chi connectivity index (χ0n) is 9.97. The standard InChI is InChI=1S/C13H22N2/c1-3-4-5-7-11(2)15-13-9-6-8-12(13)10-14/h11,15H,3-9H2,1-2H3/t11-/m0/s1. The number of nitriles is 1. The van der Waals surface area contributed by atoms with Gasteiger partial charge in [-0.15, -0.1) is 0 Å². The summed E-state index contributed by atoms with van der Waals surface area (Å²) >= 11 is 0. The van der Waals surface area contributed by atoms with E-state index >= 15 is 0 Å². The van der Waals surface area contributed by atoms with Crippen molar-refractivity contribution in [3.05, 3.63) is 11.3 Å². The van der Waals surface area contributed by atoms with Crippen molar-refractivity contribution in [2.45, 2.75) is 64.8 Å². The third-order valence-corrected chi connectivity index (χ3v) is 3.01. The molecule has 0 spiro atoms. The molecule has 0 aromatic heterocycles. The Hall–Kier alpha value is -0.970. The second kappa shape index (κ2) is 6.50. The van der Waals surface area contributed by atoms with Crippen LogP contribution in [0.2, 0.25) is 0 Å². The Kier molecular flexibility index (Phi) is 5.25. The molecular weight excluding hydrogens is 184 g/mol. The molecule has 0 saturated carbocycles. The number of nitrogens with one attached hydrogen (secondary N) is 1. The predicted molar refractivity (Wildman–Crippen MR) is 63.2 cm³/mol. The summed E-state index contributed by atoms with van der Waals surface area (Å²) in [5.74, 6) is 0. The predicted octanol–water partition coefficient (Wildman–Crippen LogP) is 3.51. The quantitative estimate of drug-likeness (QED) is 0.675. The van der Waals surface area contributed by atoms with E-state index in [1.54, 1.807) is 0 Å². The monoisotopic (exact) mass is 206 g/mol. The Bertz CT molecular complexity index is 260. The highest BCUT2D eigenvalue weighted by Gasteiger charge is 2.15. The van der Waals surface area contributed by atoms with Gasteiger partial charge in [-0.05, 0) is 32.6 Å². The Balaban J connectivity index is 2.31. The number of hydrogen-bond acceptors (Lipinski definition) is 2. The lowest BCUT2D eigenvalue weighted by Crippen LogP contribution is -2.25. The second-order valence-electron chi connectivity index (χ2n) is 4.46. The van der Waals surface area contributed by atoms with E-state index in [4.69, 9.17) is 5.26 Å². The molecule has 2 nitrogen and oxygen atoms in total. The van der Waals surface area contributed by atoms with Crippen molar-refractivity contribution in [3.63, 3.8) is 0 Å². The van der Waals surface area contributed by atoms with Gasteiger partial charge in [-0.2, -0.15) is 5.26 Å². The lowest BCUT2D eigenvalue weighted by atomic mass is 10.1. The zero-order valence-corrected chi connectivity index (χ0v) is 9.97. The van der Waals surface area contributed by atoms with Crippen LogP contribution in [0.1, 0.15) is 58.8 Å². The van der Waals surface area contributed by atoms with Gasteiger partial charge in [0.15, 0.2) is 0 Å². The van der Waals surface area contributed by atoms with Crippen LogP contribution in [0.3, 0.4) is 0 Å². The Morgan fingerprint density at radius 1 is 1.40 bits per heavy atom. The summed E-state index contributed by atoms with van der Waals surface area (Å²) in [4.78, 5) is 0. The SMILES string of the molecule is CCCCC[C@H](C)NC1=C(C#N)CCC1. The third-order valence-electron chi connectivity index (χ3n) is 3.01. The van der Waals surface area contributed by atoms with Gasteiger partial charge in [-0.25, -0.2) is 0 Å². The van der Waals surface area contributed by atoms with E-state index in [2.05, 4.69) is 25.2 Å². The maximum Gasteiger partial charge on any atom is 0.0965 e. The van der Waals surface area contributed by atoms with Crippen LogP contribution in [0.4, 0.5) is 0 Å². The molecule has 15 heavy (non-hydrogen) atoms. The first-order chi connectivity index (χ1) is 7.27. The molecule has 0 bridgehead atoms. The fraction of sp³-hybridized carbons (Fsp3) is 0.769. The Morgan fingerprint density at radius 3 is 2.87 bits per heavy atom. The van der Waals surface area contributed by atoms with Crippen LogP contribution in [-0.4, -0.2) is 6.04 Å². The molecule has 0 amide bonds. The zero-order chi connectivity index (χ0) is 11.1. The van der Waals surface area contributed by atoms with Crippen molar-refractivity contribution in [1.82, 2.24) is 5.32 Å².